The summed E-state index contributed by atoms with van der Waals surface area (Å²) in [4.78, 5) is 29.6. The number of nitrogens with zero attached hydrogens (tertiary/aromatic N) is 4. The Balaban J connectivity index is 1.48. The Labute approximate surface area is 184 Å². The maximum atomic E-state index is 12.6. The van der Waals surface area contributed by atoms with Gasteiger partial charge in [0.15, 0.2) is 5.82 Å². The summed E-state index contributed by atoms with van der Waals surface area (Å²) in [5.74, 6) is 0.428. The van der Waals surface area contributed by atoms with Crippen LogP contribution in [0.4, 0.5) is 11.6 Å². The van der Waals surface area contributed by atoms with Gasteiger partial charge in [-0.15, -0.1) is 0 Å². The van der Waals surface area contributed by atoms with Gasteiger partial charge in [0.1, 0.15) is 11.5 Å². The predicted molar refractivity (Wildman–Crippen MR) is 119 cm³/mol. The van der Waals surface area contributed by atoms with E-state index in [0.29, 0.717) is 28.6 Å². The summed E-state index contributed by atoms with van der Waals surface area (Å²) in [5, 5.41) is 2.64. The zero-order chi connectivity index (χ0) is 22.6. The molecule has 2 aromatic heterocycles. The second kappa shape index (κ2) is 8.90. The lowest BCUT2D eigenvalue weighted by molar-refractivity contribution is 0.102. The van der Waals surface area contributed by atoms with Gasteiger partial charge in [-0.25, -0.2) is 13.4 Å². The van der Waals surface area contributed by atoms with E-state index >= 15 is 0 Å². The van der Waals surface area contributed by atoms with Crippen molar-refractivity contribution in [2.45, 2.75) is 11.8 Å². The van der Waals surface area contributed by atoms with Crippen LogP contribution in [0.3, 0.4) is 0 Å². The van der Waals surface area contributed by atoms with E-state index < -0.39 is 15.9 Å². The van der Waals surface area contributed by atoms with Gasteiger partial charge in [0.2, 0.25) is 5.95 Å². The van der Waals surface area contributed by atoms with Crippen LogP contribution in [-0.2, 0) is 10.0 Å². The Morgan fingerprint density at radius 1 is 0.844 bits per heavy atom. The Kier molecular flexibility index (Phi) is 5.86. The van der Waals surface area contributed by atoms with E-state index in [1.807, 2.05) is 6.07 Å². The molecule has 0 fully saturated rings. The lowest BCUT2D eigenvalue weighted by Crippen LogP contribution is -2.16. The van der Waals surface area contributed by atoms with Crippen LogP contribution in [0.25, 0.3) is 11.5 Å². The van der Waals surface area contributed by atoms with Gasteiger partial charge in [-0.05, 0) is 55.5 Å². The van der Waals surface area contributed by atoms with Crippen LogP contribution in [0.5, 0.6) is 0 Å². The van der Waals surface area contributed by atoms with Crippen molar-refractivity contribution >= 4 is 27.6 Å². The molecule has 32 heavy (non-hydrogen) atoms. The fourth-order valence-corrected chi connectivity index (χ4v) is 3.90. The van der Waals surface area contributed by atoms with Crippen molar-refractivity contribution < 1.29 is 13.2 Å². The number of rotatable bonds is 6. The highest BCUT2D eigenvalue weighted by Gasteiger charge is 2.15. The van der Waals surface area contributed by atoms with Gasteiger partial charge in [-0.2, -0.15) is 9.97 Å². The molecule has 2 N–H and O–H groups in total. The van der Waals surface area contributed by atoms with Crippen LogP contribution in [-0.4, -0.2) is 34.3 Å². The van der Waals surface area contributed by atoms with Crippen molar-refractivity contribution in [1.82, 2.24) is 19.9 Å². The molecule has 2 aromatic carbocycles. The van der Waals surface area contributed by atoms with Crippen LogP contribution < -0.4 is 10.0 Å². The smallest absolute Gasteiger partial charge is 0.261 e. The number of aryl methyl sites for hydroxylation is 1. The maximum absolute atomic E-state index is 12.6. The lowest BCUT2D eigenvalue weighted by Gasteiger charge is -2.09. The van der Waals surface area contributed by atoms with Crippen LogP contribution in [0, 0.1) is 6.92 Å². The molecule has 0 saturated carbocycles. The van der Waals surface area contributed by atoms with Gasteiger partial charge in [0.05, 0.1) is 4.90 Å². The number of hydrogen-bond acceptors (Lipinski definition) is 7. The van der Waals surface area contributed by atoms with Crippen molar-refractivity contribution in [3.05, 3.63) is 90.4 Å². The molecule has 0 unspecified atom stereocenters. The summed E-state index contributed by atoms with van der Waals surface area (Å²) in [6.45, 7) is 1.69. The highest BCUT2D eigenvalue weighted by molar-refractivity contribution is 7.92. The fourth-order valence-electron chi connectivity index (χ4n) is 2.82. The molecule has 0 atom stereocenters. The Morgan fingerprint density at radius 2 is 1.56 bits per heavy atom. The molecule has 0 aliphatic heterocycles. The van der Waals surface area contributed by atoms with Gasteiger partial charge in [0.25, 0.3) is 15.9 Å². The highest BCUT2D eigenvalue weighted by Crippen LogP contribution is 2.18. The monoisotopic (exact) mass is 446 g/mol. The van der Waals surface area contributed by atoms with E-state index in [1.54, 1.807) is 43.5 Å². The molecule has 2 heterocycles. The number of anilines is 2. The van der Waals surface area contributed by atoms with Crippen LogP contribution in [0.15, 0.2) is 83.9 Å². The minimum Gasteiger partial charge on any atom is -0.290 e. The Morgan fingerprint density at radius 3 is 2.25 bits per heavy atom. The van der Waals surface area contributed by atoms with Crippen molar-refractivity contribution in [3.8, 4) is 11.5 Å². The standard InChI is InChI=1S/C22H18N6O3S/c1-15-24-20(19-9-5-6-14-23-19)26-22(25-15)27-21(29)16-10-12-17(13-11-16)28-32(30,31)18-7-3-2-4-8-18/h2-14,28H,1H3,(H,24,25,26,27,29). The van der Waals surface area contributed by atoms with Gasteiger partial charge < -0.3 is 0 Å². The molecule has 4 aromatic rings. The van der Waals surface area contributed by atoms with E-state index in [9.17, 15) is 13.2 Å². The second-order valence-corrected chi connectivity index (χ2v) is 8.38. The number of aromatic nitrogens is 4. The number of sulfonamides is 1. The first-order valence-corrected chi connectivity index (χ1v) is 11.0. The summed E-state index contributed by atoms with van der Waals surface area (Å²) in [6.07, 6.45) is 1.63. The van der Waals surface area contributed by atoms with Crippen molar-refractivity contribution in [3.63, 3.8) is 0 Å². The third-order valence-corrected chi connectivity index (χ3v) is 5.72. The summed E-state index contributed by atoms with van der Waals surface area (Å²) >= 11 is 0. The largest absolute Gasteiger partial charge is 0.290 e. The van der Waals surface area contributed by atoms with Gasteiger partial charge in [-0.3, -0.25) is 19.8 Å². The van der Waals surface area contributed by atoms with Gasteiger partial charge >= 0.3 is 0 Å². The molecular formula is C22H18N6O3S. The number of amides is 1. The summed E-state index contributed by atoms with van der Waals surface area (Å²) < 4.78 is 27.3. The van der Waals surface area contributed by atoms with Crippen molar-refractivity contribution in [2.24, 2.45) is 0 Å². The molecule has 160 valence electrons. The molecule has 1 amide bonds. The SMILES string of the molecule is Cc1nc(NC(=O)c2ccc(NS(=O)(=O)c3ccccc3)cc2)nc(-c2ccccn2)n1. The third-order valence-electron chi connectivity index (χ3n) is 4.32. The first-order chi connectivity index (χ1) is 15.4. The van der Waals surface area contributed by atoms with Crippen LogP contribution in [0.1, 0.15) is 16.2 Å². The molecule has 0 saturated heterocycles. The number of carbonyl (C=O) groups excluding carboxylic acids is 1. The Bertz CT molecular complexity index is 1350. The molecule has 4 rings (SSSR count). The molecular weight excluding hydrogens is 428 g/mol. The van der Waals surface area contributed by atoms with Crippen molar-refractivity contribution in [1.29, 1.82) is 0 Å². The fraction of sp³-hybridized carbons (Fsp3) is 0.0455. The highest BCUT2D eigenvalue weighted by atomic mass is 32.2. The zero-order valence-corrected chi connectivity index (χ0v) is 17.7. The lowest BCUT2D eigenvalue weighted by atomic mass is 10.2. The number of nitrogens with one attached hydrogen (secondary N) is 2. The molecule has 0 aliphatic carbocycles. The zero-order valence-electron chi connectivity index (χ0n) is 16.9. The normalized spacial score (nSPS) is 11.0. The molecule has 10 heteroatoms. The van der Waals surface area contributed by atoms with E-state index in [0.717, 1.165) is 0 Å². The first kappa shape index (κ1) is 21.1. The van der Waals surface area contributed by atoms with Crippen LogP contribution >= 0.6 is 0 Å². The van der Waals surface area contributed by atoms with Gasteiger partial charge in [0, 0.05) is 17.4 Å². The van der Waals surface area contributed by atoms with E-state index in [-0.39, 0.29) is 10.8 Å². The second-order valence-electron chi connectivity index (χ2n) is 6.69. The summed E-state index contributed by atoms with van der Waals surface area (Å²) in [5.41, 5.74) is 1.20. The topological polar surface area (TPSA) is 127 Å². The number of benzene rings is 2. The first-order valence-electron chi connectivity index (χ1n) is 9.54. The van der Waals surface area contributed by atoms with Crippen molar-refractivity contribution in [2.75, 3.05) is 10.0 Å². The van der Waals surface area contributed by atoms with E-state index in [4.69, 9.17) is 0 Å². The average molecular weight is 446 g/mol. The molecule has 9 nitrogen and oxygen atoms in total. The quantitative estimate of drug-likeness (QED) is 0.465. The third kappa shape index (κ3) is 4.93. The summed E-state index contributed by atoms with van der Waals surface area (Å²) in [6, 6.07) is 19.4. The number of pyridine rings is 1. The summed E-state index contributed by atoms with van der Waals surface area (Å²) in [7, 11) is -3.71. The minimum atomic E-state index is -3.71. The van der Waals surface area contributed by atoms with Crippen LogP contribution in [0.2, 0.25) is 0 Å². The molecule has 0 spiro atoms. The molecule has 0 aliphatic rings. The molecule has 0 bridgehead atoms. The number of carbonyl (C=O) groups is 1. The average Bonchev–Trinajstić information content (AvgIpc) is 2.80. The maximum Gasteiger partial charge on any atom is 0.261 e. The Hall–Kier alpha value is -4.18. The van der Waals surface area contributed by atoms with E-state index in [2.05, 4.69) is 30.0 Å². The number of hydrogen-bond donors (Lipinski definition) is 2. The van der Waals surface area contributed by atoms with Gasteiger partial charge in [-0.1, -0.05) is 24.3 Å². The minimum absolute atomic E-state index is 0.0945. The molecule has 0 radical (unpaired) electrons. The van der Waals surface area contributed by atoms with E-state index in [1.165, 1.54) is 36.4 Å². The predicted octanol–water partition coefficient (Wildman–Crippen LogP) is 3.30.